The smallest absolute Gasteiger partial charge is 0.336 e. The molecule has 0 radical (unpaired) electrons. The van der Waals surface area contributed by atoms with Crippen molar-refractivity contribution in [2.75, 3.05) is 4.90 Å². The first kappa shape index (κ1) is 15.3. The fourth-order valence-electron chi connectivity index (χ4n) is 2.95. The maximum absolute atomic E-state index is 12.9. The van der Waals surface area contributed by atoms with E-state index in [1.165, 1.54) is 6.07 Å². The second kappa shape index (κ2) is 5.89. The highest BCUT2D eigenvalue weighted by atomic mass is 35.5. The lowest BCUT2D eigenvalue weighted by molar-refractivity contribution is 0.0692. The maximum atomic E-state index is 12.9. The van der Waals surface area contributed by atoms with E-state index in [2.05, 4.69) is 6.58 Å². The highest BCUT2D eigenvalue weighted by molar-refractivity contribution is 6.30. The van der Waals surface area contributed by atoms with Crippen LogP contribution in [-0.4, -0.2) is 17.0 Å². The van der Waals surface area contributed by atoms with Gasteiger partial charge in [-0.1, -0.05) is 29.8 Å². The number of carbonyl (C=O) groups is 2. The van der Waals surface area contributed by atoms with Crippen molar-refractivity contribution in [1.29, 1.82) is 0 Å². The molecule has 2 aromatic rings. The number of fused-ring (bicyclic) bond motifs is 1. The summed E-state index contributed by atoms with van der Waals surface area (Å²) in [4.78, 5) is 25.9. The number of carboxylic acids is 1. The molecule has 0 aliphatic carbocycles. The predicted octanol–water partition coefficient (Wildman–Crippen LogP) is 4.32. The summed E-state index contributed by atoms with van der Waals surface area (Å²) in [6.07, 6.45) is 2.26. The van der Waals surface area contributed by atoms with Crippen LogP contribution in [0.1, 0.15) is 38.7 Å². The van der Waals surface area contributed by atoms with Gasteiger partial charge in [0.1, 0.15) is 0 Å². The van der Waals surface area contributed by atoms with Crippen LogP contribution in [0.15, 0.2) is 55.1 Å². The number of halogens is 1. The summed E-state index contributed by atoms with van der Waals surface area (Å²) >= 11 is 5.91. The molecule has 0 saturated heterocycles. The molecule has 1 atom stereocenters. The van der Waals surface area contributed by atoms with Gasteiger partial charge in [-0.05, 0) is 42.3 Å². The first-order chi connectivity index (χ1) is 11.0. The monoisotopic (exact) mass is 327 g/mol. The third-order valence-corrected chi connectivity index (χ3v) is 4.18. The van der Waals surface area contributed by atoms with E-state index < -0.39 is 5.97 Å². The summed E-state index contributed by atoms with van der Waals surface area (Å²) < 4.78 is 0. The molecule has 0 fully saturated rings. The molecule has 0 saturated carbocycles. The van der Waals surface area contributed by atoms with Crippen LogP contribution in [0.2, 0.25) is 5.02 Å². The van der Waals surface area contributed by atoms with Gasteiger partial charge in [0.05, 0.1) is 17.2 Å². The Morgan fingerprint density at radius 2 is 1.96 bits per heavy atom. The van der Waals surface area contributed by atoms with Crippen LogP contribution in [0, 0.1) is 0 Å². The quantitative estimate of drug-likeness (QED) is 0.851. The van der Waals surface area contributed by atoms with Crippen LogP contribution in [0.4, 0.5) is 5.69 Å². The van der Waals surface area contributed by atoms with Gasteiger partial charge in [-0.15, -0.1) is 6.58 Å². The molecule has 0 unspecified atom stereocenters. The maximum Gasteiger partial charge on any atom is 0.336 e. The van der Waals surface area contributed by atoms with Crippen molar-refractivity contribution in [3.63, 3.8) is 0 Å². The van der Waals surface area contributed by atoms with E-state index in [9.17, 15) is 14.7 Å². The van der Waals surface area contributed by atoms with E-state index in [1.54, 1.807) is 47.4 Å². The molecule has 3 rings (SSSR count). The Morgan fingerprint density at radius 1 is 1.26 bits per heavy atom. The van der Waals surface area contributed by atoms with E-state index in [1.807, 2.05) is 0 Å². The standard InChI is InChI=1S/C18H14ClNO3/c1-2-4-15-13-5-3-6-14(18(22)23)16(13)17(21)20(15)12-9-7-11(19)8-10-12/h2-3,5-10,15H,1,4H2,(H,22,23)/t15-/m1/s1. The van der Waals surface area contributed by atoms with Crippen molar-refractivity contribution in [3.05, 3.63) is 76.8 Å². The van der Waals surface area contributed by atoms with E-state index >= 15 is 0 Å². The van der Waals surface area contributed by atoms with Crippen molar-refractivity contribution in [1.82, 2.24) is 0 Å². The molecular weight excluding hydrogens is 314 g/mol. The van der Waals surface area contributed by atoms with Gasteiger partial charge in [0.2, 0.25) is 0 Å². The molecule has 116 valence electrons. The fourth-order valence-corrected chi connectivity index (χ4v) is 3.08. The van der Waals surface area contributed by atoms with Crippen molar-refractivity contribution in [2.24, 2.45) is 0 Å². The Kier molecular flexibility index (Phi) is 3.92. The van der Waals surface area contributed by atoms with Gasteiger partial charge in [-0.2, -0.15) is 0 Å². The van der Waals surface area contributed by atoms with Gasteiger partial charge in [0.15, 0.2) is 0 Å². The fraction of sp³-hybridized carbons (Fsp3) is 0.111. The lowest BCUT2D eigenvalue weighted by Gasteiger charge is -2.24. The third-order valence-electron chi connectivity index (χ3n) is 3.93. The number of aromatic carboxylic acids is 1. The van der Waals surface area contributed by atoms with Gasteiger partial charge < -0.3 is 10.0 Å². The van der Waals surface area contributed by atoms with Crippen molar-refractivity contribution < 1.29 is 14.7 Å². The van der Waals surface area contributed by atoms with Crippen LogP contribution < -0.4 is 4.90 Å². The molecule has 1 N–H and O–H groups in total. The summed E-state index contributed by atoms with van der Waals surface area (Å²) in [6.45, 7) is 3.75. The SMILES string of the molecule is C=CC[C@@H]1c2cccc(C(=O)O)c2C(=O)N1c1ccc(Cl)cc1. The molecule has 0 bridgehead atoms. The topological polar surface area (TPSA) is 57.6 Å². The number of benzene rings is 2. The average Bonchev–Trinajstić information content (AvgIpc) is 2.81. The minimum absolute atomic E-state index is 0.0259. The number of carbonyl (C=O) groups excluding carboxylic acids is 1. The van der Waals surface area contributed by atoms with E-state index in [4.69, 9.17) is 11.6 Å². The number of amides is 1. The molecule has 1 amide bonds. The lowest BCUT2D eigenvalue weighted by atomic mass is 9.98. The zero-order chi connectivity index (χ0) is 16.6. The Labute approximate surface area is 138 Å². The molecular formula is C18H14ClNO3. The predicted molar refractivity (Wildman–Crippen MR) is 89.2 cm³/mol. The van der Waals surface area contributed by atoms with Crippen LogP contribution in [0.5, 0.6) is 0 Å². The van der Waals surface area contributed by atoms with Gasteiger partial charge in [-0.25, -0.2) is 4.79 Å². The Hall–Kier alpha value is -2.59. The number of anilines is 1. The number of nitrogens with zero attached hydrogens (tertiary/aromatic N) is 1. The molecule has 5 heteroatoms. The second-order valence-corrected chi connectivity index (χ2v) is 5.70. The molecule has 23 heavy (non-hydrogen) atoms. The summed E-state index contributed by atoms with van der Waals surface area (Å²) in [7, 11) is 0. The molecule has 1 aliphatic rings. The van der Waals surface area contributed by atoms with Crippen molar-refractivity contribution >= 4 is 29.2 Å². The third kappa shape index (κ3) is 2.51. The van der Waals surface area contributed by atoms with Crippen LogP contribution in [0.25, 0.3) is 0 Å². The molecule has 0 spiro atoms. The highest BCUT2D eigenvalue weighted by Gasteiger charge is 2.39. The lowest BCUT2D eigenvalue weighted by Crippen LogP contribution is -2.27. The number of carboxylic acid groups (broad SMARTS) is 1. The van der Waals surface area contributed by atoms with Crippen LogP contribution in [0.3, 0.4) is 0 Å². The molecule has 2 aromatic carbocycles. The normalized spacial score (nSPS) is 16.3. The Morgan fingerprint density at radius 3 is 2.57 bits per heavy atom. The Bertz CT molecular complexity index is 798. The first-order valence-corrected chi connectivity index (χ1v) is 7.48. The van der Waals surface area contributed by atoms with Gasteiger partial charge >= 0.3 is 5.97 Å². The first-order valence-electron chi connectivity index (χ1n) is 7.11. The molecule has 4 nitrogen and oxygen atoms in total. The van der Waals surface area contributed by atoms with Gasteiger partial charge in [0, 0.05) is 10.7 Å². The number of hydrogen-bond acceptors (Lipinski definition) is 2. The number of hydrogen-bond donors (Lipinski definition) is 1. The van der Waals surface area contributed by atoms with E-state index in [0.29, 0.717) is 22.7 Å². The minimum atomic E-state index is -1.11. The second-order valence-electron chi connectivity index (χ2n) is 5.27. The Balaban J connectivity index is 2.17. The molecule has 0 aromatic heterocycles. The highest BCUT2D eigenvalue weighted by Crippen LogP contribution is 2.41. The van der Waals surface area contributed by atoms with Crippen molar-refractivity contribution in [2.45, 2.75) is 12.5 Å². The van der Waals surface area contributed by atoms with Crippen LogP contribution in [-0.2, 0) is 0 Å². The van der Waals surface area contributed by atoms with E-state index in [0.717, 1.165) is 0 Å². The van der Waals surface area contributed by atoms with Crippen molar-refractivity contribution in [3.8, 4) is 0 Å². The minimum Gasteiger partial charge on any atom is -0.478 e. The van der Waals surface area contributed by atoms with Gasteiger partial charge in [-0.3, -0.25) is 4.79 Å². The summed E-state index contributed by atoms with van der Waals surface area (Å²) in [5.41, 5.74) is 1.67. The molecule has 1 aliphatic heterocycles. The average molecular weight is 328 g/mol. The molecule has 1 heterocycles. The summed E-state index contributed by atoms with van der Waals surface area (Å²) in [6, 6.07) is 11.6. The van der Waals surface area contributed by atoms with E-state index in [-0.39, 0.29) is 23.1 Å². The number of rotatable bonds is 4. The summed E-state index contributed by atoms with van der Waals surface area (Å²) in [5, 5.41) is 9.94. The zero-order valence-corrected chi connectivity index (χ0v) is 13.0. The summed E-state index contributed by atoms with van der Waals surface area (Å²) in [5.74, 6) is -1.42. The largest absolute Gasteiger partial charge is 0.478 e. The van der Waals surface area contributed by atoms with Crippen LogP contribution >= 0.6 is 11.6 Å². The zero-order valence-electron chi connectivity index (χ0n) is 12.2. The van der Waals surface area contributed by atoms with Gasteiger partial charge in [0.25, 0.3) is 5.91 Å².